The molecule has 13 heavy (non-hydrogen) atoms. The van der Waals surface area contributed by atoms with Gasteiger partial charge in [0.25, 0.3) is 0 Å². The molecule has 1 rings (SSSR count). The van der Waals surface area contributed by atoms with Crippen molar-refractivity contribution in [1.29, 1.82) is 0 Å². The zero-order valence-corrected chi connectivity index (χ0v) is 8.38. The normalized spacial score (nSPS) is 18.3. The molecule has 1 aliphatic carbocycles. The Bertz CT molecular complexity index is 166. The Hall–Kier alpha value is -0.570. The van der Waals surface area contributed by atoms with Crippen molar-refractivity contribution in [2.45, 2.75) is 45.1 Å². The Kier molecular flexibility index (Phi) is 4.22. The zero-order chi connectivity index (χ0) is 9.68. The minimum Gasteiger partial charge on any atom is -0.353 e. The molecule has 0 aromatic carbocycles. The van der Waals surface area contributed by atoms with Crippen LogP contribution in [0.15, 0.2) is 0 Å². The van der Waals surface area contributed by atoms with E-state index >= 15 is 0 Å². The zero-order valence-electron chi connectivity index (χ0n) is 8.38. The first-order valence-corrected chi connectivity index (χ1v) is 5.21. The Morgan fingerprint density at radius 2 is 2.23 bits per heavy atom. The van der Waals surface area contributed by atoms with Gasteiger partial charge in [0.1, 0.15) is 0 Å². The van der Waals surface area contributed by atoms with Crippen LogP contribution in [0.5, 0.6) is 0 Å². The highest BCUT2D eigenvalue weighted by Gasteiger charge is 2.22. The second kappa shape index (κ2) is 5.22. The fourth-order valence-electron chi connectivity index (χ4n) is 1.33. The predicted molar refractivity (Wildman–Crippen MR) is 53.2 cm³/mol. The Balaban J connectivity index is 1.99. The fraction of sp³-hybridized carbons (Fsp3) is 0.900. The molecule has 0 saturated heterocycles. The van der Waals surface area contributed by atoms with Gasteiger partial charge in [-0.2, -0.15) is 0 Å². The number of hydrogen-bond donors (Lipinski definition) is 2. The molecule has 3 heteroatoms. The van der Waals surface area contributed by atoms with Crippen LogP contribution in [0.3, 0.4) is 0 Å². The summed E-state index contributed by atoms with van der Waals surface area (Å²) in [5, 5.41) is 2.98. The predicted octanol–water partition coefficient (Wildman–Crippen LogP) is 1.03. The lowest BCUT2D eigenvalue weighted by atomic mass is 10.0. The second-order valence-electron chi connectivity index (χ2n) is 4.06. The number of hydrogen-bond acceptors (Lipinski definition) is 2. The molecule has 1 aliphatic rings. The van der Waals surface area contributed by atoms with E-state index in [0.717, 1.165) is 19.4 Å². The fourth-order valence-corrected chi connectivity index (χ4v) is 1.33. The monoisotopic (exact) mass is 184 g/mol. The summed E-state index contributed by atoms with van der Waals surface area (Å²) < 4.78 is 0. The van der Waals surface area contributed by atoms with Crippen molar-refractivity contribution in [3.63, 3.8) is 0 Å². The van der Waals surface area contributed by atoms with Crippen LogP contribution in [0.4, 0.5) is 0 Å². The molecular weight excluding hydrogens is 164 g/mol. The van der Waals surface area contributed by atoms with Crippen LogP contribution in [-0.4, -0.2) is 18.5 Å². The minimum atomic E-state index is 0.214. The molecule has 0 aromatic rings. The molecule has 1 unspecified atom stereocenters. The molecule has 3 nitrogen and oxygen atoms in total. The first-order chi connectivity index (χ1) is 6.22. The van der Waals surface area contributed by atoms with Crippen LogP contribution in [-0.2, 0) is 4.79 Å². The summed E-state index contributed by atoms with van der Waals surface area (Å²) in [6, 6.07) is 0.498. The van der Waals surface area contributed by atoms with Crippen molar-refractivity contribution < 1.29 is 4.79 Å². The first-order valence-electron chi connectivity index (χ1n) is 5.21. The second-order valence-corrected chi connectivity index (χ2v) is 4.06. The highest BCUT2D eigenvalue weighted by molar-refractivity contribution is 5.76. The van der Waals surface area contributed by atoms with Gasteiger partial charge in [-0.15, -0.1) is 0 Å². The molecule has 76 valence electrons. The van der Waals surface area contributed by atoms with Crippen LogP contribution in [0.1, 0.15) is 39.0 Å². The summed E-state index contributed by atoms with van der Waals surface area (Å²) in [6.07, 6.45) is 5.00. The lowest BCUT2D eigenvalue weighted by Crippen LogP contribution is -2.25. The van der Waals surface area contributed by atoms with Crippen molar-refractivity contribution in [2.24, 2.45) is 11.7 Å². The minimum absolute atomic E-state index is 0.214. The van der Waals surface area contributed by atoms with Gasteiger partial charge in [0.05, 0.1) is 0 Å². The van der Waals surface area contributed by atoms with Gasteiger partial charge >= 0.3 is 0 Å². The molecule has 3 N–H and O–H groups in total. The average molecular weight is 184 g/mol. The maximum Gasteiger partial charge on any atom is 0.220 e. The Morgan fingerprint density at radius 1 is 1.54 bits per heavy atom. The van der Waals surface area contributed by atoms with Gasteiger partial charge in [-0.05, 0) is 38.1 Å². The number of carbonyl (C=O) groups is 1. The third kappa shape index (κ3) is 4.88. The highest BCUT2D eigenvalue weighted by Crippen LogP contribution is 2.19. The van der Waals surface area contributed by atoms with Gasteiger partial charge in [-0.3, -0.25) is 4.79 Å². The van der Waals surface area contributed by atoms with Gasteiger partial charge < -0.3 is 11.1 Å². The van der Waals surface area contributed by atoms with E-state index in [-0.39, 0.29) is 5.91 Å². The SMILES string of the molecule is CC(CCN)CCC(=O)NC1CC1. The van der Waals surface area contributed by atoms with E-state index in [4.69, 9.17) is 5.73 Å². The number of amides is 1. The molecule has 1 fully saturated rings. The van der Waals surface area contributed by atoms with Crippen molar-refractivity contribution in [2.75, 3.05) is 6.54 Å². The standard InChI is InChI=1S/C10H20N2O/c1-8(6-7-11)2-5-10(13)12-9-3-4-9/h8-9H,2-7,11H2,1H3,(H,12,13). The van der Waals surface area contributed by atoms with Crippen LogP contribution < -0.4 is 11.1 Å². The first kappa shape index (κ1) is 10.5. The largest absolute Gasteiger partial charge is 0.353 e. The molecule has 0 heterocycles. The molecule has 0 aliphatic heterocycles. The van der Waals surface area contributed by atoms with E-state index in [1.165, 1.54) is 12.8 Å². The van der Waals surface area contributed by atoms with Gasteiger partial charge in [-0.1, -0.05) is 6.92 Å². The van der Waals surface area contributed by atoms with Gasteiger partial charge in [0.15, 0.2) is 0 Å². The summed E-state index contributed by atoms with van der Waals surface area (Å²) in [4.78, 5) is 11.3. The molecule has 0 bridgehead atoms. The summed E-state index contributed by atoms with van der Waals surface area (Å²) in [5.74, 6) is 0.793. The Labute approximate surface area is 80.1 Å². The van der Waals surface area contributed by atoms with Crippen LogP contribution in [0.25, 0.3) is 0 Å². The van der Waals surface area contributed by atoms with Crippen LogP contribution in [0, 0.1) is 5.92 Å². The molecule has 1 amide bonds. The van der Waals surface area contributed by atoms with E-state index in [2.05, 4.69) is 12.2 Å². The van der Waals surface area contributed by atoms with Gasteiger partial charge in [0.2, 0.25) is 5.91 Å². The highest BCUT2D eigenvalue weighted by atomic mass is 16.1. The smallest absolute Gasteiger partial charge is 0.220 e. The van der Waals surface area contributed by atoms with E-state index in [0.29, 0.717) is 18.4 Å². The lowest BCUT2D eigenvalue weighted by Gasteiger charge is -2.09. The summed E-state index contributed by atoms with van der Waals surface area (Å²) in [7, 11) is 0. The molecular formula is C10H20N2O. The summed E-state index contributed by atoms with van der Waals surface area (Å²) >= 11 is 0. The van der Waals surface area contributed by atoms with Gasteiger partial charge in [0, 0.05) is 12.5 Å². The topological polar surface area (TPSA) is 55.1 Å². The molecule has 0 radical (unpaired) electrons. The number of nitrogens with two attached hydrogens (primary N) is 1. The molecule has 0 spiro atoms. The molecule has 1 atom stereocenters. The summed E-state index contributed by atoms with van der Waals surface area (Å²) in [6.45, 7) is 2.88. The third-order valence-corrected chi connectivity index (χ3v) is 2.47. The average Bonchev–Trinajstić information content (AvgIpc) is 2.85. The van der Waals surface area contributed by atoms with Crippen molar-refractivity contribution in [3.05, 3.63) is 0 Å². The number of carbonyl (C=O) groups excluding carboxylic acids is 1. The molecule has 0 aromatic heterocycles. The number of nitrogens with one attached hydrogen (secondary N) is 1. The van der Waals surface area contributed by atoms with Crippen molar-refractivity contribution in [1.82, 2.24) is 5.32 Å². The Morgan fingerprint density at radius 3 is 2.77 bits per heavy atom. The van der Waals surface area contributed by atoms with E-state index in [1.54, 1.807) is 0 Å². The quantitative estimate of drug-likeness (QED) is 0.648. The maximum absolute atomic E-state index is 11.3. The molecule has 1 saturated carbocycles. The van der Waals surface area contributed by atoms with Crippen LogP contribution >= 0.6 is 0 Å². The van der Waals surface area contributed by atoms with Crippen molar-refractivity contribution in [3.8, 4) is 0 Å². The van der Waals surface area contributed by atoms with E-state index < -0.39 is 0 Å². The van der Waals surface area contributed by atoms with E-state index in [9.17, 15) is 4.79 Å². The summed E-state index contributed by atoms with van der Waals surface area (Å²) in [5.41, 5.74) is 5.43. The van der Waals surface area contributed by atoms with Gasteiger partial charge in [-0.25, -0.2) is 0 Å². The maximum atomic E-state index is 11.3. The number of rotatable bonds is 6. The van der Waals surface area contributed by atoms with Crippen molar-refractivity contribution >= 4 is 5.91 Å². The van der Waals surface area contributed by atoms with E-state index in [1.807, 2.05) is 0 Å². The lowest BCUT2D eigenvalue weighted by molar-refractivity contribution is -0.121. The third-order valence-electron chi connectivity index (χ3n) is 2.47. The van der Waals surface area contributed by atoms with Crippen LogP contribution in [0.2, 0.25) is 0 Å².